The summed E-state index contributed by atoms with van der Waals surface area (Å²) in [5, 5.41) is 15.0. The summed E-state index contributed by atoms with van der Waals surface area (Å²) in [6.07, 6.45) is 1.23. The highest BCUT2D eigenvalue weighted by atomic mass is 79.9. The van der Waals surface area contributed by atoms with Gasteiger partial charge in [0.25, 0.3) is 0 Å². The van der Waals surface area contributed by atoms with E-state index in [-0.39, 0.29) is 18.2 Å². The lowest BCUT2D eigenvalue weighted by Gasteiger charge is -2.65. The number of nitrogens with one attached hydrogen (secondary N) is 2. The molecule has 3 fully saturated rings. The van der Waals surface area contributed by atoms with Crippen LogP contribution in [0.5, 0.6) is 0 Å². The molecule has 6 heteroatoms. The smallest absolute Gasteiger partial charge is 0.315 e. The molecule has 1 aromatic carbocycles. The number of carbonyl (C=O) groups is 1. The van der Waals surface area contributed by atoms with Crippen molar-refractivity contribution < 1.29 is 14.3 Å². The lowest BCUT2D eigenvalue weighted by atomic mass is 9.47. The maximum Gasteiger partial charge on any atom is 0.315 e. The van der Waals surface area contributed by atoms with Crippen molar-refractivity contribution in [1.82, 2.24) is 10.6 Å². The third-order valence-electron chi connectivity index (χ3n) is 4.08. The topological polar surface area (TPSA) is 61.4 Å². The molecule has 3 saturated carbocycles. The minimum Gasteiger partial charge on any atom is -0.394 e. The van der Waals surface area contributed by atoms with E-state index in [0.29, 0.717) is 19.3 Å². The molecular formula is C14H16BrFN2O2. The molecule has 4 rings (SSSR count). The van der Waals surface area contributed by atoms with E-state index in [1.807, 2.05) is 24.3 Å². The first-order valence-electron chi connectivity index (χ1n) is 6.58. The highest BCUT2D eigenvalue weighted by Crippen LogP contribution is 2.62. The normalized spacial score (nSPS) is 31.8. The van der Waals surface area contributed by atoms with Crippen LogP contribution in [0.15, 0.2) is 28.7 Å². The molecular weight excluding hydrogens is 327 g/mol. The SMILES string of the molecule is O=C(N[C@@H](CO)c1cccc(Br)c1)NC12CC(F)(C1)C2. The predicted octanol–water partition coefficient (Wildman–Crippen LogP) is 2.43. The van der Waals surface area contributed by atoms with Crippen molar-refractivity contribution in [3.8, 4) is 0 Å². The average molecular weight is 343 g/mol. The Morgan fingerprint density at radius 3 is 2.70 bits per heavy atom. The molecule has 3 N–H and O–H groups in total. The van der Waals surface area contributed by atoms with Crippen molar-refractivity contribution in [2.24, 2.45) is 0 Å². The summed E-state index contributed by atoms with van der Waals surface area (Å²) in [6.45, 7) is -0.191. The molecule has 108 valence electrons. The van der Waals surface area contributed by atoms with Crippen molar-refractivity contribution in [1.29, 1.82) is 0 Å². The number of halogens is 2. The van der Waals surface area contributed by atoms with Crippen molar-refractivity contribution in [2.45, 2.75) is 36.5 Å². The van der Waals surface area contributed by atoms with Gasteiger partial charge in [-0.25, -0.2) is 9.18 Å². The summed E-state index contributed by atoms with van der Waals surface area (Å²) in [4.78, 5) is 11.9. The van der Waals surface area contributed by atoms with Crippen molar-refractivity contribution in [3.63, 3.8) is 0 Å². The second-order valence-electron chi connectivity index (χ2n) is 5.85. The van der Waals surface area contributed by atoms with E-state index < -0.39 is 11.7 Å². The van der Waals surface area contributed by atoms with Gasteiger partial charge in [0, 0.05) is 23.7 Å². The fraction of sp³-hybridized carbons (Fsp3) is 0.500. The fourth-order valence-corrected chi connectivity index (χ4v) is 3.61. The summed E-state index contributed by atoms with van der Waals surface area (Å²) in [6, 6.07) is 6.57. The second kappa shape index (κ2) is 4.70. The number of benzene rings is 1. The summed E-state index contributed by atoms with van der Waals surface area (Å²) in [7, 11) is 0. The number of carbonyl (C=O) groups excluding carboxylic acids is 1. The van der Waals surface area contributed by atoms with E-state index in [4.69, 9.17) is 0 Å². The second-order valence-corrected chi connectivity index (χ2v) is 6.77. The number of aliphatic hydroxyl groups is 1. The van der Waals surface area contributed by atoms with Crippen LogP contribution in [-0.2, 0) is 0 Å². The van der Waals surface area contributed by atoms with Crippen LogP contribution in [0.2, 0.25) is 0 Å². The molecule has 1 aromatic rings. The maximum absolute atomic E-state index is 13.4. The standard InChI is InChI=1S/C14H16BrFN2O2/c15-10-3-1-2-9(4-10)11(5-19)17-12(20)18-14-6-13(16,7-14)8-14/h1-4,11,19H,5-8H2,(H2,17,18,20)/t11-,13?,14?/m0/s1. The van der Waals surface area contributed by atoms with Crippen LogP contribution in [0.1, 0.15) is 30.9 Å². The van der Waals surface area contributed by atoms with Gasteiger partial charge in [-0.1, -0.05) is 28.1 Å². The van der Waals surface area contributed by atoms with Crippen LogP contribution in [0.3, 0.4) is 0 Å². The van der Waals surface area contributed by atoms with E-state index in [1.165, 1.54) is 0 Å². The van der Waals surface area contributed by atoms with E-state index in [1.54, 1.807) is 0 Å². The van der Waals surface area contributed by atoms with Gasteiger partial charge in [-0.3, -0.25) is 0 Å². The van der Waals surface area contributed by atoms with Gasteiger partial charge in [0.1, 0.15) is 5.67 Å². The Morgan fingerprint density at radius 1 is 1.45 bits per heavy atom. The quantitative estimate of drug-likeness (QED) is 0.786. The van der Waals surface area contributed by atoms with Gasteiger partial charge in [0.05, 0.1) is 18.2 Å². The molecule has 0 aliphatic heterocycles. The largest absolute Gasteiger partial charge is 0.394 e. The van der Waals surface area contributed by atoms with Gasteiger partial charge in [-0.2, -0.15) is 0 Å². The number of hydrogen-bond donors (Lipinski definition) is 3. The Morgan fingerprint density at radius 2 is 2.15 bits per heavy atom. The Bertz CT molecular complexity index is 532. The van der Waals surface area contributed by atoms with Gasteiger partial charge in [-0.15, -0.1) is 0 Å². The van der Waals surface area contributed by atoms with Gasteiger partial charge in [0.2, 0.25) is 0 Å². The molecule has 0 heterocycles. The minimum absolute atomic E-state index is 0.191. The van der Waals surface area contributed by atoms with E-state index >= 15 is 0 Å². The Labute approximate surface area is 124 Å². The summed E-state index contributed by atoms with van der Waals surface area (Å²) < 4.78 is 14.3. The molecule has 0 spiro atoms. The number of rotatable bonds is 4. The Kier molecular flexibility index (Phi) is 3.25. The zero-order valence-electron chi connectivity index (χ0n) is 10.8. The lowest BCUT2D eigenvalue weighted by Crippen LogP contribution is -2.77. The predicted molar refractivity (Wildman–Crippen MR) is 76.1 cm³/mol. The molecule has 0 saturated heterocycles. The highest BCUT2D eigenvalue weighted by molar-refractivity contribution is 9.10. The van der Waals surface area contributed by atoms with Crippen LogP contribution >= 0.6 is 15.9 Å². The first-order valence-corrected chi connectivity index (χ1v) is 7.37. The Balaban J connectivity index is 1.59. The van der Waals surface area contributed by atoms with Gasteiger partial charge >= 0.3 is 6.03 Å². The van der Waals surface area contributed by atoms with E-state index in [9.17, 15) is 14.3 Å². The molecule has 0 radical (unpaired) electrons. The molecule has 2 bridgehead atoms. The van der Waals surface area contributed by atoms with Crippen molar-refractivity contribution in [3.05, 3.63) is 34.3 Å². The Hall–Kier alpha value is -1.14. The van der Waals surface area contributed by atoms with Gasteiger partial charge in [-0.05, 0) is 17.7 Å². The molecule has 2 amide bonds. The van der Waals surface area contributed by atoms with Crippen LogP contribution in [0.4, 0.5) is 9.18 Å². The zero-order valence-corrected chi connectivity index (χ0v) is 12.4. The first-order chi connectivity index (χ1) is 9.44. The molecule has 0 aromatic heterocycles. The van der Waals surface area contributed by atoms with E-state index in [0.717, 1.165) is 10.0 Å². The van der Waals surface area contributed by atoms with Gasteiger partial charge in [0.15, 0.2) is 0 Å². The molecule has 4 nitrogen and oxygen atoms in total. The van der Waals surface area contributed by atoms with Crippen LogP contribution in [0, 0.1) is 0 Å². The van der Waals surface area contributed by atoms with Crippen molar-refractivity contribution >= 4 is 22.0 Å². The molecule has 20 heavy (non-hydrogen) atoms. The number of aliphatic hydroxyl groups excluding tert-OH is 1. The number of alkyl halides is 1. The monoisotopic (exact) mass is 342 g/mol. The third-order valence-corrected chi connectivity index (χ3v) is 4.58. The first kappa shape index (κ1) is 13.8. The van der Waals surface area contributed by atoms with Crippen molar-refractivity contribution in [2.75, 3.05) is 6.61 Å². The average Bonchev–Trinajstić information content (AvgIpc) is 2.32. The van der Waals surface area contributed by atoms with Crippen LogP contribution in [-0.4, -0.2) is 29.0 Å². The number of hydrogen-bond acceptors (Lipinski definition) is 2. The molecule has 1 atom stereocenters. The summed E-state index contributed by atoms with van der Waals surface area (Å²) >= 11 is 3.36. The summed E-state index contributed by atoms with van der Waals surface area (Å²) in [5.74, 6) is 0. The summed E-state index contributed by atoms with van der Waals surface area (Å²) in [5.41, 5.74) is -0.569. The molecule has 3 aliphatic carbocycles. The maximum atomic E-state index is 13.4. The molecule has 0 unspecified atom stereocenters. The van der Waals surface area contributed by atoms with Crippen LogP contribution in [0.25, 0.3) is 0 Å². The third kappa shape index (κ3) is 2.42. The van der Waals surface area contributed by atoms with Gasteiger partial charge < -0.3 is 15.7 Å². The number of amides is 2. The highest BCUT2D eigenvalue weighted by Gasteiger charge is 2.70. The minimum atomic E-state index is -1.03. The van der Waals surface area contributed by atoms with Crippen LogP contribution < -0.4 is 10.6 Å². The molecule has 3 aliphatic rings. The number of urea groups is 1. The lowest BCUT2D eigenvalue weighted by molar-refractivity contribution is -0.162. The fourth-order valence-electron chi connectivity index (χ4n) is 3.19. The van der Waals surface area contributed by atoms with E-state index in [2.05, 4.69) is 26.6 Å². The zero-order chi connectivity index (χ0) is 14.4.